The molecule has 1 saturated carbocycles. The van der Waals surface area contributed by atoms with Crippen LogP contribution in [0.4, 0.5) is 20.2 Å². The number of amides is 2. The molecule has 10 nitrogen and oxygen atoms in total. The molecule has 2 N–H and O–H groups in total. The van der Waals surface area contributed by atoms with E-state index in [2.05, 4.69) is 39.3 Å². The summed E-state index contributed by atoms with van der Waals surface area (Å²) in [7, 11) is 1.52. The van der Waals surface area contributed by atoms with Gasteiger partial charge in [0.2, 0.25) is 17.7 Å². The first-order valence-corrected chi connectivity index (χ1v) is 15.0. The molecule has 46 heavy (non-hydrogen) atoms. The van der Waals surface area contributed by atoms with E-state index in [1.54, 1.807) is 26.0 Å². The number of carbonyl (C=O) groups is 2. The summed E-state index contributed by atoms with van der Waals surface area (Å²) in [5, 5.41) is 5.86. The number of nitrogens with zero attached hydrogens (tertiary/aromatic N) is 3. The highest BCUT2D eigenvalue weighted by atomic mass is 19.1. The molecule has 3 aromatic carbocycles. The van der Waals surface area contributed by atoms with E-state index < -0.39 is 34.3 Å². The van der Waals surface area contributed by atoms with E-state index in [9.17, 15) is 14.0 Å². The first-order chi connectivity index (χ1) is 22.0. The zero-order valence-corrected chi connectivity index (χ0v) is 26.4. The van der Waals surface area contributed by atoms with Gasteiger partial charge in [0.25, 0.3) is 0 Å². The van der Waals surface area contributed by atoms with E-state index in [0.29, 0.717) is 34.7 Å². The smallest absolute Gasteiger partial charge is 0.240 e. The summed E-state index contributed by atoms with van der Waals surface area (Å²) in [5.41, 5.74) is -1.01. The third-order valence-corrected chi connectivity index (χ3v) is 8.45. The Balaban J connectivity index is 1.30. The second kappa shape index (κ2) is 13.3. The van der Waals surface area contributed by atoms with Crippen molar-refractivity contribution in [2.45, 2.75) is 34.1 Å². The van der Waals surface area contributed by atoms with Gasteiger partial charge in [-0.2, -0.15) is 0 Å². The van der Waals surface area contributed by atoms with Gasteiger partial charge < -0.3 is 29.7 Å². The monoisotopic (exact) mass is 633 g/mol. The van der Waals surface area contributed by atoms with Gasteiger partial charge in [0.05, 0.1) is 18.0 Å². The molecule has 12 heteroatoms. The van der Waals surface area contributed by atoms with Gasteiger partial charge in [-0.15, -0.1) is 0 Å². The van der Waals surface area contributed by atoms with E-state index in [4.69, 9.17) is 14.2 Å². The van der Waals surface area contributed by atoms with Crippen LogP contribution >= 0.6 is 0 Å². The third-order valence-electron chi connectivity index (χ3n) is 8.45. The van der Waals surface area contributed by atoms with Crippen molar-refractivity contribution in [2.24, 2.45) is 10.8 Å². The van der Waals surface area contributed by atoms with Crippen molar-refractivity contribution >= 4 is 34.1 Å². The lowest BCUT2D eigenvalue weighted by molar-refractivity contribution is -0.132. The molecule has 1 aromatic heterocycles. The first kappa shape index (κ1) is 32.6. The maximum atomic E-state index is 15.3. The molecule has 1 aliphatic rings. The van der Waals surface area contributed by atoms with Crippen LogP contribution in [0.15, 0.2) is 60.9 Å². The lowest BCUT2D eigenvalue weighted by Crippen LogP contribution is -2.39. The highest BCUT2D eigenvalue weighted by molar-refractivity contribution is 6.18. The van der Waals surface area contributed by atoms with Crippen LogP contribution in [0, 0.1) is 22.5 Å². The summed E-state index contributed by atoms with van der Waals surface area (Å²) in [6.45, 7) is 10.8. The largest absolute Gasteiger partial charge is 0.493 e. The molecule has 1 fully saturated rings. The predicted octanol–water partition coefficient (Wildman–Crippen LogP) is 6.42. The summed E-state index contributed by atoms with van der Waals surface area (Å²) in [5.74, 6) is -1.36. The van der Waals surface area contributed by atoms with Gasteiger partial charge in [-0.05, 0) is 67.4 Å². The second-order valence-electron chi connectivity index (χ2n) is 11.7. The molecular weight excluding hydrogens is 596 g/mol. The minimum atomic E-state index is -1.39. The maximum absolute atomic E-state index is 15.3. The van der Waals surface area contributed by atoms with Gasteiger partial charge in [-0.1, -0.05) is 27.7 Å². The number of nitrogens with one attached hydrogen (secondary N) is 2. The van der Waals surface area contributed by atoms with Crippen molar-refractivity contribution in [1.82, 2.24) is 14.9 Å². The number of halogens is 2. The van der Waals surface area contributed by atoms with Crippen LogP contribution in [0.2, 0.25) is 0 Å². The number of methoxy groups -OCH3 is 1. The highest BCUT2D eigenvalue weighted by Gasteiger charge is 2.71. The van der Waals surface area contributed by atoms with Crippen molar-refractivity contribution in [3.8, 4) is 23.1 Å². The summed E-state index contributed by atoms with van der Waals surface area (Å²) in [6.07, 6.45) is 1.60. The summed E-state index contributed by atoms with van der Waals surface area (Å²) in [4.78, 5) is 37.4. The Kier molecular flexibility index (Phi) is 9.38. The fourth-order valence-electron chi connectivity index (χ4n) is 5.49. The van der Waals surface area contributed by atoms with Crippen LogP contribution in [0.1, 0.15) is 34.1 Å². The zero-order valence-electron chi connectivity index (χ0n) is 26.4. The molecule has 2 amide bonds. The van der Waals surface area contributed by atoms with Gasteiger partial charge in [-0.25, -0.2) is 18.7 Å². The van der Waals surface area contributed by atoms with E-state index in [-0.39, 0.29) is 23.7 Å². The SMILES string of the molecule is CCN(CC)CCOc1cc2ncnc(Oc3ccc(NC(=O)[C@]4(C(=O)Nc5ccc(F)cc5)CC4(C)C)cc3F)c2cc1OC. The topological polar surface area (TPSA) is 115 Å². The van der Waals surface area contributed by atoms with Crippen LogP contribution in [0.25, 0.3) is 10.9 Å². The molecule has 4 aromatic rings. The molecule has 1 aliphatic carbocycles. The number of hydrogen-bond donors (Lipinski definition) is 2. The normalized spacial score (nSPS) is 16.6. The summed E-state index contributed by atoms with van der Waals surface area (Å²) < 4.78 is 46.0. The molecule has 1 heterocycles. The Bertz CT molecular complexity index is 1750. The van der Waals surface area contributed by atoms with Crippen molar-refractivity contribution in [3.63, 3.8) is 0 Å². The van der Waals surface area contributed by atoms with Gasteiger partial charge in [0, 0.05) is 30.1 Å². The van der Waals surface area contributed by atoms with E-state index in [1.807, 2.05) is 0 Å². The number of carbonyl (C=O) groups excluding carboxylic acids is 2. The molecule has 0 aliphatic heterocycles. The van der Waals surface area contributed by atoms with Crippen molar-refractivity contribution in [3.05, 3.63) is 72.6 Å². The number of rotatable bonds is 13. The summed E-state index contributed by atoms with van der Waals surface area (Å²) in [6, 6.07) is 12.6. The van der Waals surface area contributed by atoms with Crippen LogP contribution in [0.5, 0.6) is 23.1 Å². The number of anilines is 2. The minimum Gasteiger partial charge on any atom is -0.493 e. The van der Waals surface area contributed by atoms with Crippen LogP contribution < -0.4 is 24.8 Å². The number of hydrogen-bond acceptors (Lipinski definition) is 8. The third kappa shape index (κ3) is 6.57. The van der Waals surface area contributed by atoms with Gasteiger partial charge in [0.15, 0.2) is 23.1 Å². The Labute approximate surface area is 266 Å². The molecular formula is C34H37F2N5O5. The molecule has 0 radical (unpaired) electrons. The number of fused-ring (bicyclic) bond motifs is 1. The average molecular weight is 634 g/mol. The molecule has 1 atom stereocenters. The Hall–Kier alpha value is -4.84. The van der Waals surface area contributed by atoms with Gasteiger partial charge in [-0.3, -0.25) is 9.59 Å². The highest BCUT2D eigenvalue weighted by Crippen LogP contribution is 2.64. The van der Waals surface area contributed by atoms with Crippen molar-refractivity contribution < 1.29 is 32.6 Å². The predicted molar refractivity (Wildman–Crippen MR) is 170 cm³/mol. The number of aromatic nitrogens is 2. The fraction of sp³-hybridized carbons (Fsp3) is 0.353. The van der Waals surface area contributed by atoms with Crippen molar-refractivity contribution in [1.29, 1.82) is 0 Å². The summed E-state index contributed by atoms with van der Waals surface area (Å²) >= 11 is 0. The van der Waals surface area contributed by atoms with Crippen molar-refractivity contribution in [2.75, 3.05) is 44.0 Å². The molecule has 5 rings (SSSR count). The number of likely N-dealkylation sites (N-methyl/N-ethyl adjacent to an activating group) is 1. The molecule has 0 bridgehead atoms. The maximum Gasteiger partial charge on any atom is 0.240 e. The molecule has 242 valence electrons. The Morgan fingerprint density at radius 2 is 1.54 bits per heavy atom. The quantitative estimate of drug-likeness (QED) is 0.162. The second-order valence-corrected chi connectivity index (χ2v) is 11.7. The van der Waals surface area contributed by atoms with Crippen LogP contribution in [-0.4, -0.2) is 60.0 Å². The van der Waals surface area contributed by atoms with Gasteiger partial charge in [0.1, 0.15) is 24.2 Å². The first-order valence-electron chi connectivity index (χ1n) is 15.0. The molecule has 0 unspecified atom stereocenters. The fourth-order valence-corrected chi connectivity index (χ4v) is 5.49. The number of benzene rings is 3. The Morgan fingerprint density at radius 3 is 2.15 bits per heavy atom. The van der Waals surface area contributed by atoms with Crippen LogP contribution in [0.3, 0.4) is 0 Å². The Morgan fingerprint density at radius 1 is 0.891 bits per heavy atom. The van der Waals surface area contributed by atoms with E-state index in [1.165, 1.54) is 49.8 Å². The lowest BCUT2D eigenvalue weighted by Gasteiger charge is -2.20. The van der Waals surface area contributed by atoms with E-state index >= 15 is 4.39 Å². The molecule has 0 saturated heterocycles. The standard InChI is InChI=1S/C34H37F2N5O5/c1-6-41(7-2)14-15-45-29-18-26-24(17-28(29)44-5)30(38-20-37-26)46-27-13-12-23(16-25(27)36)40-32(43)34(19-33(34,3)4)31(42)39-22-10-8-21(35)9-11-22/h8-13,16-18,20H,6-7,14-15,19H2,1-5H3,(H,39,42)(H,40,43)/t34-/m1/s1. The van der Waals surface area contributed by atoms with E-state index in [0.717, 1.165) is 25.7 Å². The zero-order chi connectivity index (χ0) is 33.1. The average Bonchev–Trinajstić information content (AvgIpc) is 3.64. The minimum absolute atomic E-state index is 0.102. The number of ether oxygens (including phenoxy) is 3. The molecule has 0 spiro atoms. The van der Waals surface area contributed by atoms with Gasteiger partial charge >= 0.3 is 0 Å². The van der Waals surface area contributed by atoms with Crippen LogP contribution in [-0.2, 0) is 9.59 Å². The lowest BCUT2D eigenvalue weighted by atomic mass is 9.93.